The van der Waals surface area contributed by atoms with Crippen molar-refractivity contribution >= 4 is 11.8 Å². The Morgan fingerprint density at radius 2 is 1.85 bits per heavy atom. The SMILES string of the molecule is COc1ccccc1O[C@H](C)C(=O)Nc1cc(-c2ccc(F)c(F)c2)no1. The van der Waals surface area contributed by atoms with Gasteiger partial charge >= 0.3 is 0 Å². The van der Waals surface area contributed by atoms with E-state index >= 15 is 0 Å². The summed E-state index contributed by atoms with van der Waals surface area (Å²) in [4.78, 5) is 12.3. The molecule has 0 saturated heterocycles. The van der Waals surface area contributed by atoms with Crippen LogP contribution >= 0.6 is 0 Å². The number of nitrogens with one attached hydrogen (secondary N) is 1. The van der Waals surface area contributed by atoms with Gasteiger partial charge in [0.2, 0.25) is 5.88 Å². The van der Waals surface area contributed by atoms with Crippen molar-refractivity contribution in [3.05, 3.63) is 60.2 Å². The standard InChI is InChI=1S/C19H16F2N2O4/c1-11(26-17-6-4-3-5-16(17)25-2)19(24)22-18-10-15(23-27-18)12-7-8-13(20)14(21)9-12/h3-11H,1-2H3,(H,22,24)/t11-/m1/s1. The number of ether oxygens (including phenoxy) is 2. The molecule has 1 N–H and O–H groups in total. The number of methoxy groups -OCH3 is 1. The number of rotatable bonds is 6. The smallest absolute Gasteiger partial charge is 0.267 e. The van der Waals surface area contributed by atoms with Crippen LogP contribution in [0, 0.1) is 11.6 Å². The number of halogens is 2. The molecule has 2 aromatic carbocycles. The first-order chi connectivity index (χ1) is 13.0. The van der Waals surface area contributed by atoms with Crippen LogP contribution in [-0.2, 0) is 4.79 Å². The fourth-order valence-electron chi connectivity index (χ4n) is 2.31. The van der Waals surface area contributed by atoms with Crippen LogP contribution in [-0.4, -0.2) is 24.3 Å². The van der Waals surface area contributed by atoms with Gasteiger partial charge in [-0.25, -0.2) is 8.78 Å². The number of anilines is 1. The third-order valence-electron chi connectivity index (χ3n) is 3.71. The second-order valence-corrected chi connectivity index (χ2v) is 5.61. The number of benzene rings is 2. The normalized spacial score (nSPS) is 11.7. The second-order valence-electron chi connectivity index (χ2n) is 5.61. The molecule has 8 heteroatoms. The predicted octanol–water partition coefficient (Wildman–Crippen LogP) is 4.03. The highest BCUT2D eigenvalue weighted by atomic mass is 19.2. The van der Waals surface area contributed by atoms with E-state index in [4.69, 9.17) is 14.0 Å². The minimum absolute atomic E-state index is 0.0511. The van der Waals surface area contributed by atoms with Gasteiger partial charge in [-0.1, -0.05) is 17.3 Å². The maximum Gasteiger partial charge on any atom is 0.267 e. The lowest BCUT2D eigenvalue weighted by Crippen LogP contribution is -2.30. The van der Waals surface area contributed by atoms with Crippen LogP contribution < -0.4 is 14.8 Å². The minimum Gasteiger partial charge on any atom is -0.493 e. The number of nitrogens with zero attached hydrogens (tertiary/aromatic N) is 1. The van der Waals surface area contributed by atoms with Crippen LogP contribution in [0.1, 0.15) is 6.92 Å². The van der Waals surface area contributed by atoms with E-state index in [0.717, 1.165) is 12.1 Å². The summed E-state index contributed by atoms with van der Waals surface area (Å²) in [6.07, 6.45) is -0.849. The Hall–Kier alpha value is -3.42. The van der Waals surface area contributed by atoms with Crippen molar-refractivity contribution in [2.75, 3.05) is 12.4 Å². The summed E-state index contributed by atoms with van der Waals surface area (Å²) in [6, 6.07) is 11.7. The molecule has 0 spiro atoms. The highest BCUT2D eigenvalue weighted by molar-refractivity contribution is 5.93. The van der Waals surface area contributed by atoms with Crippen LogP contribution in [0.15, 0.2) is 53.1 Å². The molecule has 3 rings (SSSR count). The molecule has 1 amide bonds. The highest BCUT2D eigenvalue weighted by Crippen LogP contribution is 2.27. The van der Waals surface area contributed by atoms with Gasteiger partial charge in [-0.15, -0.1) is 0 Å². The zero-order chi connectivity index (χ0) is 19.4. The third kappa shape index (κ3) is 4.22. The molecular weight excluding hydrogens is 358 g/mol. The highest BCUT2D eigenvalue weighted by Gasteiger charge is 2.19. The molecule has 0 bridgehead atoms. The molecule has 3 aromatic rings. The van der Waals surface area contributed by atoms with E-state index in [1.807, 2.05) is 0 Å². The molecule has 0 aliphatic carbocycles. The summed E-state index contributed by atoms with van der Waals surface area (Å²) in [5.74, 6) is -1.47. The fourth-order valence-corrected chi connectivity index (χ4v) is 2.31. The van der Waals surface area contributed by atoms with E-state index in [9.17, 15) is 13.6 Å². The lowest BCUT2D eigenvalue weighted by Gasteiger charge is -2.15. The van der Waals surface area contributed by atoms with Gasteiger partial charge in [0.05, 0.1) is 7.11 Å². The maximum atomic E-state index is 13.3. The summed E-state index contributed by atoms with van der Waals surface area (Å²) in [6.45, 7) is 1.56. The largest absolute Gasteiger partial charge is 0.493 e. The summed E-state index contributed by atoms with van der Waals surface area (Å²) >= 11 is 0. The fraction of sp³-hybridized carbons (Fsp3) is 0.158. The Morgan fingerprint density at radius 1 is 1.11 bits per heavy atom. The number of hydrogen-bond donors (Lipinski definition) is 1. The van der Waals surface area contributed by atoms with Crippen molar-refractivity contribution < 1.29 is 27.6 Å². The van der Waals surface area contributed by atoms with E-state index < -0.39 is 23.6 Å². The van der Waals surface area contributed by atoms with Crippen molar-refractivity contribution in [2.24, 2.45) is 0 Å². The molecule has 1 heterocycles. The molecule has 1 aromatic heterocycles. The Labute approximate surface area is 153 Å². The predicted molar refractivity (Wildman–Crippen MR) is 93.6 cm³/mol. The van der Waals surface area contributed by atoms with Gasteiger partial charge < -0.3 is 14.0 Å². The van der Waals surface area contributed by atoms with Gasteiger partial charge in [0.25, 0.3) is 5.91 Å². The van der Waals surface area contributed by atoms with Gasteiger partial charge in [0, 0.05) is 11.6 Å². The lowest BCUT2D eigenvalue weighted by molar-refractivity contribution is -0.122. The summed E-state index contributed by atoms with van der Waals surface area (Å²) < 4.78 is 42.1. The number of carbonyl (C=O) groups is 1. The molecule has 0 saturated carbocycles. The van der Waals surface area contributed by atoms with E-state index in [1.54, 1.807) is 31.2 Å². The quantitative estimate of drug-likeness (QED) is 0.705. The second kappa shape index (κ2) is 7.86. The van der Waals surface area contributed by atoms with E-state index in [-0.39, 0.29) is 11.6 Å². The molecule has 1 atom stereocenters. The Bertz CT molecular complexity index is 958. The summed E-state index contributed by atoms with van der Waals surface area (Å²) in [5.41, 5.74) is 0.568. The first-order valence-corrected chi connectivity index (χ1v) is 8.00. The van der Waals surface area contributed by atoms with E-state index in [0.29, 0.717) is 17.1 Å². The van der Waals surface area contributed by atoms with Crippen LogP contribution in [0.5, 0.6) is 11.5 Å². The average molecular weight is 374 g/mol. The Morgan fingerprint density at radius 3 is 2.56 bits per heavy atom. The van der Waals surface area contributed by atoms with Crippen LogP contribution in [0.3, 0.4) is 0 Å². The molecule has 6 nitrogen and oxygen atoms in total. The number of carbonyl (C=O) groups excluding carboxylic acids is 1. The van der Waals surface area contributed by atoms with Gasteiger partial charge in [-0.05, 0) is 37.3 Å². The van der Waals surface area contributed by atoms with Crippen LogP contribution in [0.2, 0.25) is 0 Å². The van der Waals surface area contributed by atoms with Crippen LogP contribution in [0.25, 0.3) is 11.3 Å². The van der Waals surface area contributed by atoms with Gasteiger partial charge in [-0.2, -0.15) is 0 Å². The first-order valence-electron chi connectivity index (χ1n) is 8.00. The van der Waals surface area contributed by atoms with E-state index in [2.05, 4.69) is 10.5 Å². The van der Waals surface area contributed by atoms with Crippen molar-refractivity contribution in [3.63, 3.8) is 0 Å². The average Bonchev–Trinajstić information content (AvgIpc) is 3.12. The number of aromatic nitrogens is 1. The number of amides is 1. The van der Waals surface area contributed by atoms with Gasteiger partial charge in [-0.3, -0.25) is 10.1 Å². The van der Waals surface area contributed by atoms with Crippen LogP contribution in [0.4, 0.5) is 14.7 Å². The minimum atomic E-state index is -1.00. The maximum absolute atomic E-state index is 13.3. The molecule has 27 heavy (non-hydrogen) atoms. The zero-order valence-corrected chi connectivity index (χ0v) is 14.5. The number of para-hydroxylation sites is 2. The van der Waals surface area contributed by atoms with Gasteiger partial charge in [0.1, 0.15) is 5.69 Å². The Kier molecular flexibility index (Phi) is 5.35. The molecule has 140 valence electrons. The van der Waals surface area contributed by atoms with Gasteiger partial charge in [0.15, 0.2) is 29.2 Å². The molecule has 0 fully saturated rings. The number of hydrogen-bond acceptors (Lipinski definition) is 5. The molecule has 0 aliphatic rings. The molecule has 0 aliphatic heterocycles. The monoisotopic (exact) mass is 374 g/mol. The van der Waals surface area contributed by atoms with E-state index in [1.165, 1.54) is 19.2 Å². The molecule has 0 unspecified atom stereocenters. The van der Waals surface area contributed by atoms with Crippen molar-refractivity contribution in [2.45, 2.75) is 13.0 Å². The third-order valence-corrected chi connectivity index (χ3v) is 3.71. The zero-order valence-electron chi connectivity index (χ0n) is 14.5. The molecule has 0 radical (unpaired) electrons. The van der Waals surface area contributed by atoms with Crippen molar-refractivity contribution in [1.29, 1.82) is 0 Å². The first kappa shape index (κ1) is 18.4. The van der Waals surface area contributed by atoms with Crippen molar-refractivity contribution in [3.8, 4) is 22.8 Å². The molecular formula is C19H16F2N2O4. The summed E-state index contributed by atoms with van der Waals surface area (Å²) in [5, 5.41) is 6.26. The lowest BCUT2D eigenvalue weighted by atomic mass is 10.1. The van der Waals surface area contributed by atoms with Crippen molar-refractivity contribution in [1.82, 2.24) is 5.16 Å². The topological polar surface area (TPSA) is 73.6 Å². The summed E-state index contributed by atoms with van der Waals surface area (Å²) in [7, 11) is 1.50. The Balaban J connectivity index is 1.67.